The molecule has 110 valence electrons. The van der Waals surface area contributed by atoms with Crippen LogP contribution in [0, 0.1) is 0 Å². The lowest BCUT2D eigenvalue weighted by Crippen LogP contribution is -2.40. The van der Waals surface area contributed by atoms with Gasteiger partial charge in [-0.1, -0.05) is 15.9 Å². The molecule has 0 bridgehead atoms. The molecule has 1 unspecified atom stereocenters. The normalized spacial score (nSPS) is 17.2. The lowest BCUT2D eigenvalue weighted by Gasteiger charge is -2.21. The molecule has 2 rings (SSSR count). The van der Waals surface area contributed by atoms with Crippen LogP contribution in [0.5, 0.6) is 0 Å². The third-order valence-corrected chi connectivity index (χ3v) is 6.11. The number of nitrogens with zero attached hydrogens (tertiary/aromatic N) is 1. The maximum absolute atomic E-state index is 12.6. The van der Waals surface area contributed by atoms with Gasteiger partial charge in [0.15, 0.2) is 9.84 Å². The molecule has 2 N–H and O–H groups in total. The van der Waals surface area contributed by atoms with Gasteiger partial charge >= 0.3 is 0 Å². The molecule has 0 saturated carbocycles. The number of likely N-dealkylation sites (tertiary alicyclic amines) is 1. The van der Waals surface area contributed by atoms with E-state index in [1.165, 1.54) is 19.1 Å². The fraction of sp³-hybridized carbons (Fsp3) is 0.462. The van der Waals surface area contributed by atoms with E-state index in [1.807, 2.05) is 0 Å². The number of sulfone groups is 1. The summed E-state index contributed by atoms with van der Waals surface area (Å²) >= 11 is 3.23. The smallest absolute Gasteiger partial charge is 0.241 e. The zero-order valence-corrected chi connectivity index (χ0v) is 13.6. The molecule has 0 aromatic heterocycles. The number of nitrogen functional groups attached to an aromatic ring is 1. The number of amides is 1. The van der Waals surface area contributed by atoms with Gasteiger partial charge in [0, 0.05) is 17.6 Å². The number of carbonyl (C=O) groups excluding carboxylic acids is 1. The fourth-order valence-electron chi connectivity index (χ4n) is 2.27. The van der Waals surface area contributed by atoms with Crippen LogP contribution in [0.3, 0.4) is 0 Å². The molecule has 1 fully saturated rings. The van der Waals surface area contributed by atoms with Crippen molar-refractivity contribution in [3.63, 3.8) is 0 Å². The number of halogens is 1. The maximum Gasteiger partial charge on any atom is 0.241 e. The van der Waals surface area contributed by atoms with E-state index in [4.69, 9.17) is 5.73 Å². The van der Waals surface area contributed by atoms with Crippen LogP contribution in [0.25, 0.3) is 0 Å². The standard InChI is InChI=1S/C13H17BrN2O3S/c1-9(13(17)16-6-2-3-7-16)20(18,19)12-8-10(14)4-5-11(12)15/h4-5,8-9H,2-3,6-7,15H2,1H3. The first-order valence-electron chi connectivity index (χ1n) is 6.42. The van der Waals surface area contributed by atoms with E-state index in [2.05, 4.69) is 15.9 Å². The van der Waals surface area contributed by atoms with Crippen molar-refractivity contribution in [1.29, 1.82) is 0 Å². The Balaban J connectivity index is 2.33. The van der Waals surface area contributed by atoms with Crippen molar-refractivity contribution in [1.82, 2.24) is 4.90 Å². The molecule has 0 spiro atoms. The predicted molar refractivity (Wildman–Crippen MR) is 81.0 cm³/mol. The lowest BCUT2D eigenvalue weighted by atomic mass is 10.3. The van der Waals surface area contributed by atoms with E-state index in [0.717, 1.165) is 12.8 Å². The highest BCUT2D eigenvalue weighted by molar-refractivity contribution is 9.10. The first kappa shape index (κ1) is 15.3. The summed E-state index contributed by atoms with van der Waals surface area (Å²) in [6.45, 7) is 2.69. The minimum Gasteiger partial charge on any atom is -0.398 e. The zero-order chi connectivity index (χ0) is 14.9. The summed E-state index contributed by atoms with van der Waals surface area (Å²) in [5.74, 6) is -0.345. The Kier molecular flexibility index (Phi) is 4.39. The number of carbonyl (C=O) groups is 1. The lowest BCUT2D eigenvalue weighted by molar-refractivity contribution is -0.129. The molecule has 0 aliphatic carbocycles. The Labute approximate surface area is 127 Å². The molecule has 1 heterocycles. The monoisotopic (exact) mass is 360 g/mol. The minimum atomic E-state index is -3.78. The van der Waals surface area contributed by atoms with Crippen LogP contribution in [0.2, 0.25) is 0 Å². The minimum absolute atomic E-state index is 0.00641. The van der Waals surface area contributed by atoms with Crippen molar-refractivity contribution in [2.75, 3.05) is 18.8 Å². The average Bonchev–Trinajstić information content (AvgIpc) is 2.93. The number of rotatable bonds is 3. The van der Waals surface area contributed by atoms with Crippen molar-refractivity contribution in [2.45, 2.75) is 29.9 Å². The second kappa shape index (κ2) is 5.73. The molecule has 1 saturated heterocycles. The van der Waals surface area contributed by atoms with E-state index in [-0.39, 0.29) is 16.5 Å². The Morgan fingerprint density at radius 1 is 1.35 bits per heavy atom. The van der Waals surface area contributed by atoms with Crippen molar-refractivity contribution in [2.24, 2.45) is 0 Å². The van der Waals surface area contributed by atoms with Crippen LogP contribution in [0.15, 0.2) is 27.6 Å². The molecule has 20 heavy (non-hydrogen) atoms. The van der Waals surface area contributed by atoms with Crippen molar-refractivity contribution in [3.05, 3.63) is 22.7 Å². The van der Waals surface area contributed by atoms with Crippen LogP contribution in [-0.4, -0.2) is 37.6 Å². The SMILES string of the molecule is CC(C(=O)N1CCCC1)S(=O)(=O)c1cc(Br)ccc1N. The molecule has 1 aliphatic heterocycles. The van der Waals surface area contributed by atoms with Crippen molar-refractivity contribution in [3.8, 4) is 0 Å². The first-order chi connectivity index (χ1) is 9.34. The summed E-state index contributed by atoms with van der Waals surface area (Å²) in [6, 6.07) is 4.63. The van der Waals surface area contributed by atoms with E-state index >= 15 is 0 Å². The van der Waals surface area contributed by atoms with Gasteiger partial charge in [-0.15, -0.1) is 0 Å². The quantitative estimate of drug-likeness (QED) is 0.833. The van der Waals surface area contributed by atoms with E-state index < -0.39 is 15.1 Å². The molecule has 1 amide bonds. The Bertz CT molecular complexity index is 625. The highest BCUT2D eigenvalue weighted by Gasteiger charge is 2.35. The summed E-state index contributed by atoms with van der Waals surface area (Å²) in [6.07, 6.45) is 1.86. The van der Waals surface area contributed by atoms with Gasteiger partial charge in [0.05, 0.1) is 10.6 Å². The fourth-order valence-corrected chi connectivity index (χ4v) is 4.27. The Morgan fingerprint density at radius 3 is 2.55 bits per heavy atom. The van der Waals surface area contributed by atoms with Crippen LogP contribution in [-0.2, 0) is 14.6 Å². The number of hydrogen-bond acceptors (Lipinski definition) is 4. The van der Waals surface area contributed by atoms with Gasteiger partial charge in [0.2, 0.25) is 5.91 Å². The van der Waals surface area contributed by atoms with Gasteiger partial charge in [-0.25, -0.2) is 8.42 Å². The number of nitrogens with two attached hydrogens (primary N) is 1. The van der Waals surface area contributed by atoms with Gasteiger partial charge in [0.25, 0.3) is 0 Å². The van der Waals surface area contributed by atoms with E-state index in [0.29, 0.717) is 17.6 Å². The van der Waals surface area contributed by atoms with Crippen LogP contribution < -0.4 is 5.73 Å². The van der Waals surface area contributed by atoms with Crippen molar-refractivity contribution >= 4 is 37.4 Å². The van der Waals surface area contributed by atoms with E-state index in [9.17, 15) is 13.2 Å². The number of benzene rings is 1. The molecule has 1 aromatic carbocycles. The number of anilines is 1. The highest BCUT2D eigenvalue weighted by Crippen LogP contribution is 2.27. The second-order valence-electron chi connectivity index (χ2n) is 4.90. The first-order valence-corrected chi connectivity index (χ1v) is 8.75. The van der Waals surface area contributed by atoms with Crippen LogP contribution in [0.1, 0.15) is 19.8 Å². The summed E-state index contributed by atoms with van der Waals surface area (Å²) < 4.78 is 25.7. The molecular formula is C13H17BrN2O3S. The number of hydrogen-bond donors (Lipinski definition) is 1. The van der Waals surface area contributed by atoms with Gasteiger partial charge in [0.1, 0.15) is 5.25 Å². The summed E-state index contributed by atoms with van der Waals surface area (Å²) in [5, 5.41) is -1.11. The molecule has 1 aliphatic rings. The van der Waals surface area contributed by atoms with Gasteiger partial charge in [-0.3, -0.25) is 4.79 Å². The zero-order valence-electron chi connectivity index (χ0n) is 11.2. The molecule has 5 nitrogen and oxygen atoms in total. The van der Waals surface area contributed by atoms with E-state index in [1.54, 1.807) is 11.0 Å². The third-order valence-electron chi connectivity index (χ3n) is 3.51. The molecule has 0 radical (unpaired) electrons. The van der Waals surface area contributed by atoms with Crippen LogP contribution in [0.4, 0.5) is 5.69 Å². The molecule has 7 heteroatoms. The average molecular weight is 361 g/mol. The second-order valence-corrected chi connectivity index (χ2v) is 8.05. The van der Waals surface area contributed by atoms with Gasteiger partial charge in [-0.05, 0) is 38.0 Å². The van der Waals surface area contributed by atoms with Gasteiger partial charge < -0.3 is 10.6 Å². The highest BCUT2D eigenvalue weighted by atomic mass is 79.9. The van der Waals surface area contributed by atoms with Crippen LogP contribution >= 0.6 is 15.9 Å². The predicted octanol–water partition coefficient (Wildman–Crippen LogP) is 1.82. The Hall–Kier alpha value is -1.08. The third kappa shape index (κ3) is 2.83. The summed E-state index contributed by atoms with van der Waals surface area (Å²) in [7, 11) is -3.78. The maximum atomic E-state index is 12.6. The largest absolute Gasteiger partial charge is 0.398 e. The molecular weight excluding hydrogens is 344 g/mol. The van der Waals surface area contributed by atoms with Gasteiger partial charge in [-0.2, -0.15) is 0 Å². The summed E-state index contributed by atoms with van der Waals surface area (Å²) in [4.78, 5) is 13.9. The molecule has 1 atom stereocenters. The molecule has 1 aromatic rings. The Morgan fingerprint density at radius 2 is 1.95 bits per heavy atom. The summed E-state index contributed by atoms with van der Waals surface area (Å²) in [5.41, 5.74) is 5.90. The van der Waals surface area contributed by atoms with Crippen molar-refractivity contribution < 1.29 is 13.2 Å². The topological polar surface area (TPSA) is 80.5 Å².